The van der Waals surface area contributed by atoms with Crippen LogP contribution in [0, 0.1) is 32.1 Å². The van der Waals surface area contributed by atoms with E-state index in [2.05, 4.69) is 194 Å². The molecule has 0 aromatic heterocycles. The Kier molecular flexibility index (Phi) is 10.7. The average Bonchev–Trinajstić information content (AvgIpc) is 3.25. The van der Waals surface area contributed by atoms with Crippen LogP contribution in [0.15, 0.2) is 176 Å². The van der Waals surface area contributed by atoms with Crippen molar-refractivity contribution in [2.24, 2.45) is 0 Å². The maximum atomic E-state index is 10.3. The SMILES string of the molecule is Cc1ccc(N(c2ccc(C)cc2)c2ccc(C=Cc3ccc4cc(C=Cc5ccc(N(c6ccc(C)cc6)c6ccc(O)cc6)cc5)ccc4c3C#N)cc2)cc1. The summed E-state index contributed by atoms with van der Waals surface area (Å²) >= 11 is 0. The summed E-state index contributed by atoms with van der Waals surface area (Å²) in [6.07, 6.45) is 8.31. The van der Waals surface area contributed by atoms with Crippen LogP contribution in [-0.4, -0.2) is 5.11 Å². The van der Waals surface area contributed by atoms with E-state index in [1.165, 1.54) is 16.7 Å². The second-order valence-corrected chi connectivity index (χ2v) is 14.7. The molecule has 0 aliphatic heterocycles. The van der Waals surface area contributed by atoms with Gasteiger partial charge in [-0.25, -0.2) is 0 Å². The highest BCUT2D eigenvalue weighted by Crippen LogP contribution is 2.37. The molecule has 0 unspecified atom stereocenters. The van der Waals surface area contributed by atoms with Crippen molar-refractivity contribution < 1.29 is 5.11 Å². The third kappa shape index (κ3) is 8.31. The molecule has 0 saturated heterocycles. The Morgan fingerprint density at radius 2 is 0.776 bits per heavy atom. The lowest BCUT2D eigenvalue weighted by Crippen LogP contribution is -2.09. The van der Waals surface area contributed by atoms with Gasteiger partial charge < -0.3 is 14.9 Å². The zero-order chi connectivity index (χ0) is 40.0. The zero-order valence-corrected chi connectivity index (χ0v) is 32.8. The van der Waals surface area contributed by atoms with Crippen LogP contribution < -0.4 is 9.80 Å². The highest BCUT2D eigenvalue weighted by Gasteiger charge is 2.14. The molecule has 58 heavy (non-hydrogen) atoms. The monoisotopic (exact) mass is 749 g/mol. The Bertz CT molecular complexity index is 2680. The normalized spacial score (nSPS) is 11.3. The van der Waals surface area contributed by atoms with Gasteiger partial charge in [0.2, 0.25) is 0 Å². The van der Waals surface area contributed by atoms with Crippen molar-refractivity contribution >= 4 is 69.2 Å². The topological polar surface area (TPSA) is 50.5 Å². The number of phenols is 1. The van der Waals surface area contributed by atoms with Crippen molar-refractivity contribution in [3.63, 3.8) is 0 Å². The first kappa shape index (κ1) is 37.3. The van der Waals surface area contributed by atoms with Gasteiger partial charge in [0.1, 0.15) is 11.8 Å². The summed E-state index contributed by atoms with van der Waals surface area (Å²) in [6.45, 7) is 6.29. The summed E-state index contributed by atoms with van der Waals surface area (Å²) in [7, 11) is 0. The molecule has 280 valence electrons. The molecule has 0 fully saturated rings. The van der Waals surface area contributed by atoms with E-state index in [1.54, 1.807) is 12.1 Å². The summed E-state index contributed by atoms with van der Waals surface area (Å²) in [6, 6.07) is 62.7. The van der Waals surface area contributed by atoms with Crippen LogP contribution in [-0.2, 0) is 0 Å². The van der Waals surface area contributed by atoms with Gasteiger partial charge >= 0.3 is 0 Å². The number of nitrogens with zero attached hydrogens (tertiary/aromatic N) is 3. The molecule has 0 saturated carbocycles. The third-order valence-electron chi connectivity index (χ3n) is 10.4. The van der Waals surface area contributed by atoms with Gasteiger partial charge in [-0.3, -0.25) is 0 Å². The molecule has 0 aliphatic rings. The minimum Gasteiger partial charge on any atom is -0.508 e. The van der Waals surface area contributed by atoms with Gasteiger partial charge in [0.25, 0.3) is 0 Å². The summed E-state index contributed by atoms with van der Waals surface area (Å²) < 4.78 is 0. The fourth-order valence-corrected chi connectivity index (χ4v) is 7.16. The van der Waals surface area contributed by atoms with Crippen LogP contribution in [0.4, 0.5) is 34.1 Å². The number of nitriles is 1. The Hall–Kier alpha value is -7.61. The highest BCUT2D eigenvalue weighted by molar-refractivity contribution is 5.94. The van der Waals surface area contributed by atoms with Crippen LogP contribution >= 0.6 is 0 Å². The highest BCUT2D eigenvalue weighted by atomic mass is 16.3. The Labute approximate surface area is 341 Å². The van der Waals surface area contributed by atoms with E-state index >= 15 is 0 Å². The standard InChI is InChI=1S/C54H43N3O/c1-38-4-21-46(22-5-38)56(47-23-6-39(2)7-24-47)49-29-15-42(16-30-49)12-18-44-19-20-45-36-43(17-35-53(45)54(44)37-55)11-10-41-13-27-50(28-14-41)57(48-25-8-40(3)9-26-48)51-31-33-52(58)34-32-51/h4-36,58H,1-3H3. The number of aromatic hydroxyl groups is 1. The second-order valence-electron chi connectivity index (χ2n) is 14.7. The van der Waals surface area contributed by atoms with Crippen LogP contribution in [0.25, 0.3) is 35.1 Å². The molecule has 0 amide bonds. The quantitative estimate of drug-likeness (QED) is 0.141. The number of fused-ring (bicyclic) bond motifs is 1. The average molecular weight is 750 g/mol. The lowest BCUT2D eigenvalue weighted by Gasteiger charge is -2.25. The number of benzene rings is 8. The van der Waals surface area contributed by atoms with Crippen molar-refractivity contribution in [3.05, 3.63) is 220 Å². The molecule has 4 nitrogen and oxygen atoms in total. The summed E-state index contributed by atoms with van der Waals surface area (Å²) in [5.41, 5.74) is 14.7. The fourth-order valence-electron chi connectivity index (χ4n) is 7.16. The van der Waals surface area contributed by atoms with Gasteiger partial charge in [0, 0.05) is 39.5 Å². The fraction of sp³-hybridized carbons (Fsp3) is 0.0556. The van der Waals surface area contributed by atoms with E-state index in [-0.39, 0.29) is 5.75 Å². The summed E-state index contributed by atoms with van der Waals surface area (Å²) in [5.74, 6) is 0.237. The first-order valence-electron chi connectivity index (χ1n) is 19.4. The molecule has 0 heterocycles. The van der Waals surface area contributed by atoms with Crippen LogP contribution in [0.3, 0.4) is 0 Å². The number of aryl methyl sites for hydroxylation is 3. The van der Waals surface area contributed by atoms with E-state index < -0.39 is 0 Å². The number of anilines is 6. The number of hydrogen-bond acceptors (Lipinski definition) is 4. The zero-order valence-electron chi connectivity index (χ0n) is 32.8. The molecule has 8 aromatic rings. The lowest BCUT2D eigenvalue weighted by molar-refractivity contribution is 0.475. The van der Waals surface area contributed by atoms with Crippen LogP contribution in [0.1, 0.15) is 44.5 Å². The maximum absolute atomic E-state index is 10.3. The van der Waals surface area contributed by atoms with Gasteiger partial charge in [-0.1, -0.05) is 126 Å². The predicted octanol–water partition coefficient (Wildman–Crippen LogP) is 14.6. The number of hydrogen-bond donors (Lipinski definition) is 1. The van der Waals surface area contributed by atoms with Gasteiger partial charge in [-0.15, -0.1) is 0 Å². The Balaban J connectivity index is 0.994. The van der Waals surface area contributed by atoms with E-state index in [1.807, 2.05) is 30.3 Å². The minimum absolute atomic E-state index is 0.237. The van der Waals surface area contributed by atoms with Crippen molar-refractivity contribution in [2.45, 2.75) is 20.8 Å². The minimum atomic E-state index is 0.237. The van der Waals surface area contributed by atoms with Gasteiger partial charge in [0.15, 0.2) is 0 Å². The van der Waals surface area contributed by atoms with Crippen molar-refractivity contribution in [1.82, 2.24) is 0 Å². The van der Waals surface area contributed by atoms with Crippen molar-refractivity contribution in [1.29, 1.82) is 5.26 Å². The van der Waals surface area contributed by atoms with E-state index in [9.17, 15) is 10.4 Å². The number of phenolic OH excluding ortho intramolecular Hbond substituents is 1. The molecule has 0 spiro atoms. The summed E-state index contributed by atoms with van der Waals surface area (Å²) in [4.78, 5) is 4.44. The van der Waals surface area contributed by atoms with Crippen LogP contribution in [0.2, 0.25) is 0 Å². The van der Waals surface area contributed by atoms with E-state index in [0.29, 0.717) is 5.56 Å². The first-order valence-corrected chi connectivity index (χ1v) is 19.4. The molecule has 0 bridgehead atoms. The Morgan fingerprint density at radius 3 is 1.21 bits per heavy atom. The molecule has 0 radical (unpaired) electrons. The van der Waals surface area contributed by atoms with E-state index in [0.717, 1.165) is 67.2 Å². The second kappa shape index (κ2) is 16.6. The molecular weight excluding hydrogens is 707 g/mol. The number of rotatable bonds is 10. The molecule has 8 rings (SSSR count). The molecule has 4 heteroatoms. The third-order valence-corrected chi connectivity index (χ3v) is 10.4. The molecule has 0 atom stereocenters. The predicted molar refractivity (Wildman–Crippen MR) is 245 cm³/mol. The van der Waals surface area contributed by atoms with Gasteiger partial charge in [-0.05, 0) is 139 Å². The van der Waals surface area contributed by atoms with Gasteiger partial charge in [0.05, 0.1) is 5.56 Å². The Morgan fingerprint density at radius 1 is 0.414 bits per heavy atom. The molecule has 8 aromatic carbocycles. The van der Waals surface area contributed by atoms with Gasteiger partial charge in [-0.2, -0.15) is 5.26 Å². The molecule has 1 N–H and O–H groups in total. The smallest absolute Gasteiger partial charge is 0.115 e. The first-order chi connectivity index (χ1) is 28.3. The maximum Gasteiger partial charge on any atom is 0.115 e. The molecular formula is C54H43N3O. The van der Waals surface area contributed by atoms with Crippen LogP contribution in [0.5, 0.6) is 5.75 Å². The molecule has 0 aliphatic carbocycles. The largest absolute Gasteiger partial charge is 0.508 e. The van der Waals surface area contributed by atoms with Crippen molar-refractivity contribution in [2.75, 3.05) is 9.80 Å². The van der Waals surface area contributed by atoms with Crippen molar-refractivity contribution in [3.8, 4) is 11.8 Å². The van der Waals surface area contributed by atoms with E-state index in [4.69, 9.17) is 0 Å². The lowest BCUT2D eigenvalue weighted by atomic mass is 9.97. The summed E-state index contributed by atoms with van der Waals surface area (Å²) in [5, 5.41) is 22.1.